The van der Waals surface area contributed by atoms with E-state index in [2.05, 4.69) is 4.98 Å². The number of pyridine rings is 1. The SMILES string of the molecule is Cc1[nH]c(=O)c(C(=O)O)c(C)c1C. The van der Waals surface area contributed by atoms with Gasteiger partial charge in [-0.15, -0.1) is 0 Å². The number of carboxylic acids is 1. The molecule has 0 unspecified atom stereocenters. The minimum absolute atomic E-state index is 0.164. The highest BCUT2D eigenvalue weighted by Gasteiger charge is 2.14. The van der Waals surface area contributed by atoms with Gasteiger partial charge in [0.1, 0.15) is 5.56 Å². The molecule has 0 bridgehead atoms. The van der Waals surface area contributed by atoms with Gasteiger partial charge in [-0.1, -0.05) is 0 Å². The summed E-state index contributed by atoms with van der Waals surface area (Å²) in [6, 6.07) is 0. The molecule has 0 saturated heterocycles. The maximum absolute atomic E-state index is 11.2. The second-order valence-electron chi connectivity index (χ2n) is 3.01. The third-order valence-corrected chi connectivity index (χ3v) is 2.24. The molecule has 0 radical (unpaired) electrons. The summed E-state index contributed by atoms with van der Waals surface area (Å²) >= 11 is 0. The van der Waals surface area contributed by atoms with Crippen molar-refractivity contribution >= 4 is 5.97 Å². The first-order valence-corrected chi connectivity index (χ1v) is 3.88. The average molecular weight is 181 g/mol. The van der Waals surface area contributed by atoms with Crippen molar-refractivity contribution in [3.63, 3.8) is 0 Å². The lowest BCUT2D eigenvalue weighted by molar-refractivity contribution is 0.0694. The molecule has 0 atom stereocenters. The number of hydrogen-bond donors (Lipinski definition) is 2. The van der Waals surface area contributed by atoms with Crippen LogP contribution in [-0.2, 0) is 0 Å². The zero-order chi connectivity index (χ0) is 10.2. The number of nitrogens with one attached hydrogen (secondary N) is 1. The van der Waals surface area contributed by atoms with Gasteiger partial charge in [0, 0.05) is 5.69 Å². The van der Waals surface area contributed by atoms with Crippen LogP contribution in [0.1, 0.15) is 27.2 Å². The summed E-state index contributed by atoms with van der Waals surface area (Å²) in [7, 11) is 0. The van der Waals surface area contributed by atoms with Crippen molar-refractivity contribution in [2.24, 2.45) is 0 Å². The fourth-order valence-electron chi connectivity index (χ4n) is 1.22. The first kappa shape index (κ1) is 9.51. The van der Waals surface area contributed by atoms with Gasteiger partial charge < -0.3 is 10.1 Å². The summed E-state index contributed by atoms with van der Waals surface area (Å²) in [4.78, 5) is 24.4. The van der Waals surface area contributed by atoms with Crippen LogP contribution < -0.4 is 5.56 Å². The van der Waals surface area contributed by atoms with E-state index >= 15 is 0 Å². The quantitative estimate of drug-likeness (QED) is 0.679. The predicted octanol–water partition coefficient (Wildman–Crippen LogP) is 0.998. The van der Waals surface area contributed by atoms with Crippen LogP contribution in [0.5, 0.6) is 0 Å². The molecule has 1 heterocycles. The Hall–Kier alpha value is -1.58. The number of carboxylic acid groups (broad SMARTS) is 1. The third kappa shape index (κ3) is 1.47. The molecule has 0 aliphatic heterocycles. The van der Waals surface area contributed by atoms with E-state index in [0.717, 1.165) is 5.56 Å². The van der Waals surface area contributed by atoms with Crippen LogP contribution in [0.2, 0.25) is 0 Å². The lowest BCUT2D eigenvalue weighted by Crippen LogP contribution is -2.21. The Kier molecular flexibility index (Phi) is 2.23. The fraction of sp³-hybridized carbons (Fsp3) is 0.333. The fourth-order valence-corrected chi connectivity index (χ4v) is 1.22. The van der Waals surface area contributed by atoms with E-state index in [1.165, 1.54) is 0 Å². The van der Waals surface area contributed by atoms with Crippen LogP contribution in [0.15, 0.2) is 4.79 Å². The van der Waals surface area contributed by atoms with Crippen molar-refractivity contribution in [2.75, 3.05) is 0 Å². The lowest BCUT2D eigenvalue weighted by Gasteiger charge is -2.06. The molecule has 0 aliphatic rings. The van der Waals surface area contributed by atoms with E-state index in [4.69, 9.17) is 5.11 Å². The molecule has 1 aromatic rings. The topological polar surface area (TPSA) is 70.2 Å². The van der Waals surface area contributed by atoms with Crippen molar-refractivity contribution in [1.29, 1.82) is 0 Å². The highest BCUT2D eigenvalue weighted by atomic mass is 16.4. The molecule has 0 fully saturated rings. The first-order valence-electron chi connectivity index (χ1n) is 3.88. The zero-order valence-corrected chi connectivity index (χ0v) is 7.76. The third-order valence-electron chi connectivity index (χ3n) is 2.24. The highest BCUT2D eigenvalue weighted by Crippen LogP contribution is 2.10. The Morgan fingerprint density at radius 2 is 1.77 bits per heavy atom. The van der Waals surface area contributed by atoms with Gasteiger partial charge in [0.2, 0.25) is 0 Å². The van der Waals surface area contributed by atoms with Crippen LogP contribution in [-0.4, -0.2) is 16.1 Å². The van der Waals surface area contributed by atoms with Crippen molar-refractivity contribution in [2.45, 2.75) is 20.8 Å². The smallest absolute Gasteiger partial charge is 0.341 e. The van der Waals surface area contributed by atoms with Gasteiger partial charge in [0.05, 0.1) is 0 Å². The molecule has 0 saturated carbocycles. The second-order valence-corrected chi connectivity index (χ2v) is 3.01. The molecular weight excluding hydrogens is 170 g/mol. The standard InChI is InChI=1S/C9H11NO3/c1-4-5(2)7(9(12)13)8(11)10-6(4)3/h1-3H3,(H,10,11)(H,12,13). The number of aromatic carboxylic acids is 1. The number of rotatable bonds is 1. The van der Waals surface area contributed by atoms with Crippen molar-refractivity contribution in [3.8, 4) is 0 Å². The van der Waals surface area contributed by atoms with Gasteiger partial charge in [-0.3, -0.25) is 4.79 Å². The Bertz CT molecular complexity index is 418. The number of H-pyrrole nitrogens is 1. The summed E-state index contributed by atoms with van der Waals surface area (Å²) in [6.45, 7) is 5.17. The summed E-state index contributed by atoms with van der Waals surface area (Å²) < 4.78 is 0. The molecule has 0 aliphatic carbocycles. The molecular formula is C9H11NO3. The largest absolute Gasteiger partial charge is 0.477 e. The summed E-state index contributed by atoms with van der Waals surface area (Å²) in [5, 5.41) is 8.74. The van der Waals surface area contributed by atoms with E-state index in [9.17, 15) is 9.59 Å². The maximum atomic E-state index is 11.2. The number of aromatic amines is 1. The van der Waals surface area contributed by atoms with E-state index in [-0.39, 0.29) is 5.56 Å². The Morgan fingerprint density at radius 1 is 1.23 bits per heavy atom. The minimum Gasteiger partial charge on any atom is -0.477 e. The van der Waals surface area contributed by atoms with Crippen molar-refractivity contribution < 1.29 is 9.90 Å². The highest BCUT2D eigenvalue weighted by molar-refractivity contribution is 5.89. The molecule has 0 spiro atoms. The first-order chi connectivity index (χ1) is 5.95. The van der Waals surface area contributed by atoms with Gasteiger partial charge in [-0.05, 0) is 31.9 Å². The summed E-state index contributed by atoms with van der Waals surface area (Å²) in [5.74, 6) is -1.18. The van der Waals surface area contributed by atoms with E-state index in [1.54, 1.807) is 20.8 Å². The monoisotopic (exact) mass is 181 g/mol. The molecule has 2 N–H and O–H groups in total. The van der Waals surface area contributed by atoms with Crippen LogP contribution >= 0.6 is 0 Å². The predicted molar refractivity (Wildman–Crippen MR) is 48.2 cm³/mol. The Labute approximate surface area is 75.2 Å². The normalized spacial score (nSPS) is 10.1. The number of carbonyl (C=O) groups is 1. The Morgan fingerprint density at radius 3 is 2.23 bits per heavy atom. The van der Waals surface area contributed by atoms with Gasteiger partial charge >= 0.3 is 5.97 Å². The molecule has 1 rings (SSSR count). The van der Waals surface area contributed by atoms with E-state index in [0.29, 0.717) is 11.3 Å². The number of hydrogen-bond acceptors (Lipinski definition) is 2. The lowest BCUT2D eigenvalue weighted by atomic mass is 10.0. The maximum Gasteiger partial charge on any atom is 0.341 e. The van der Waals surface area contributed by atoms with E-state index < -0.39 is 11.5 Å². The van der Waals surface area contributed by atoms with E-state index in [1.807, 2.05) is 0 Å². The van der Waals surface area contributed by atoms with Gasteiger partial charge in [-0.2, -0.15) is 0 Å². The molecule has 0 amide bonds. The van der Waals surface area contributed by atoms with Crippen molar-refractivity contribution in [3.05, 3.63) is 32.7 Å². The van der Waals surface area contributed by atoms with Gasteiger partial charge in [0.25, 0.3) is 5.56 Å². The van der Waals surface area contributed by atoms with Crippen LogP contribution in [0.4, 0.5) is 0 Å². The summed E-state index contributed by atoms with van der Waals surface area (Å²) in [6.07, 6.45) is 0. The van der Waals surface area contributed by atoms with Crippen molar-refractivity contribution in [1.82, 2.24) is 4.98 Å². The van der Waals surface area contributed by atoms with Crippen LogP contribution in [0.25, 0.3) is 0 Å². The van der Waals surface area contributed by atoms with Gasteiger partial charge in [-0.25, -0.2) is 4.79 Å². The van der Waals surface area contributed by atoms with Gasteiger partial charge in [0.15, 0.2) is 0 Å². The number of aryl methyl sites for hydroxylation is 1. The summed E-state index contributed by atoms with van der Waals surface area (Å²) in [5.41, 5.74) is 1.37. The molecule has 0 aromatic carbocycles. The Balaban J connectivity index is 3.63. The molecule has 4 heteroatoms. The molecule has 4 nitrogen and oxygen atoms in total. The molecule has 1 aromatic heterocycles. The zero-order valence-electron chi connectivity index (χ0n) is 7.76. The van der Waals surface area contributed by atoms with Crippen LogP contribution in [0.3, 0.4) is 0 Å². The molecule has 70 valence electrons. The average Bonchev–Trinajstić information content (AvgIpc) is 1.99. The number of aromatic nitrogens is 1. The molecule has 13 heavy (non-hydrogen) atoms. The second kappa shape index (κ2) is 3.05. The van der Waals surface area contributed by atoms with Crippen LogP contribution in [0, 0.1) is 20.8 Å². The minimum atomic E-state index is -1.18.